The van der Waals surface area contributed by atoms with E-state index in [1.807, 2.05) is 12.1 Å². The maximum Gasteiger partial charge on any atom is 0.122 e. The zero-order chi connectivity index (χ0) is 11.4. The van der Waals surface area contributed by atoms with Crippen molar-refractivity contribution in [2.75, 3.05) is 13.2 Å². The first-order chi connectivity index (χ1) is 7.74. The smallest absolute Gasteiger partial charge is 0.122 e. The van der Waals surface area contributed by atoms with Crippen molar-refractivity contribution in [1.82, 2.24) is 5.32 Å². The highest BCUT2D eigenvalue weighted by atomic mass is 16.5. The van der Waals surface area contributed by atoms with Gasteiger partial charge in [0.15, 0.2) is 0 Å². The molecule has 0 unspecified atom stereocenters. The maximum absolute atomic E-state index is 9.24. The molecule has 4 N–H and O–H groups in total. The third-order valence-corrected chi connectivity index (χ3v) is 2.56. The number of rotatable bonds is 4. The molecule has 0 saturated heterocycles. The van der Waals surface area contributed by atoms with Crippen LogP contribution in [0.1, 0.15) is 6.42 Å². The zero-order valence-electron chi connectivity index (χ0n) is 9.02. The molecule has 0 amide bonds. The van der Waals surface area contributed by atoms with Crippen LogP contribution >= 0.6 is 0 Å². The lowest BCUT2D eigenvalue weighted by Gasteiger charge is -2.09. The molecule has 0 spiro atoms. The van der Waals surface area contributed by atoms with Crippen LogP contribution in [0.15, 0.2) is 36.2 Å². The number of nitrogens with one attached hydrogen (secondary N) is 1. The second-order valence-corrected chi connectivity index (χ2v) is 3.90. The molecule has 2 rings (SSSR count). The van der Waals surface area contributed by atoms with Gasteiger partial charge >= 0.3 is 0 Å². The van der Waals surface area contributed by atoms with Gasteiger partial charge in [-0.25, -0.2) is 0 Å². The Morgan fingerprint density at radius 3 is 3.06 bits per heavy atom. The molecule has 0 bridgehead atoms. The van der Waals surface area contributed by atoms with Crippen molar-refractivity contribution >= 4 is 0 Å². The van der Waals surface area contributed by atoms with Crippen LogP contribution in [-0.4, -0.2) is 18.3 Å². The Morgan fingerprint density at radius 1 is 1.50 bits per heavy atom. The number of hydrogen-bond acceptors (Lipinski definition) is 4. The fourth-order valence-electron chi connectivity index (χ4n) is 1.71. The van der Waals surface area contributed by atoms with E-state index in [1.54, 1.807) is 18.2 Å². The minimum Gasteiger partial charge on any atom is -0.508 e. The summed E-state index contributed by atoms with van der Waals surface area (Å²) in [5.41, 5.74) is 5.60. The van der Waals surface area contributed by atoms with Crippen LogP contribution in [0.5, 0.6) is 11.5 Å². The fraction of sp³-hybridized carbons (Fsp3) is 0.333. The van der Waals surface area contributed by atoms with Gasteiger partial charge in [0, 0.05) is 18.5 Å². The molecule has 1 aromatic carbocycles. The fourth-order valence-corrected chi connectivity index (χ4v) is 1.71. The first kappa shape index (κ1) is 10.7. The highest BCUT2D eigenvalue weighted by molar-refractivity contribution is 5.31. The topological polar surface area (TPSA) is 67.5 Å². The number of phenols is 1. The van der Waals surface area contributed by atoms with Crippen LogP contribution in [0.25, 0.3) is 0 Å². The summed E-state index contributed by atoms with van der Waals surface area (Å²) < 4.78 is 5.53. The number of hydrogen-bond donors (Lipinski definition) is 3. The average molecular weight is 220 g/mol. The SMILES string of the molecule is NC1=C[C@H](CCOc2cccc(O)c2)CN1. The first-order valence-corrected chi connectivity index (χ1v) is 5.37. The van der Waals surface area contributed by atoms with Gasteiger partial charge in [-0.05, 0) is 24.6 Å². The molecule has 4 nitrogen and oxygen atoms in total. The predicted molar refractivity (Wildman–Crippen MR) is 62.0 cm³/mol. The number of aromatic hydroxyl groups is 1. The Morgan fingerprint density at radius 2 is 2.38 bits per heavy atom. The van der Waals surface area contributed by atoms with Crippen LogP contribution in [0.3, 0.4) is 0 Å². The van der Waals surface area contributed by atoms with Gasteiger partial charge in [0.25, 0.3) is 0 Å². The monoisotopic (exact) mass is 220 g/mol. The van der Waals surface area contributed by atoms with Gasteiger partial charge in [-0.15, -0.1) is 0 Å². The second-order valence-electron chi connectivity index (χ2n) is 3.90. The van der Waals surface area contributed by atoms with Crippen molar-refractivity contribution in [3.63, 3.8) is 0 Å². The molecule has 1 heterocycles. The van der Waals surface area contributed by atoms with E-state index in [0.29, 0.717) is 18.3 Å². The molecule has 4 heteroatoms. The minimum atomic E-state index is 0.226. The van der Waals surface area contributed by atoms with Crippen LogP contribution in [-0.2, 0) is 0 Å². The van der Waals surface area contributed by atoms with E-state index < -0.39 is 0 Å². The zero-order valence-corrected chi connectivity index (χ0v) is 9.02. The van der Waals surface area contributed by atoms with E-state index in [2.05, 4.69) is 5.32 Å². The van der Waals surface area contributed by atoms with Crippen LogP contribution in [0.4, 0.5) is 0 Å². The third kappa shape index (κ3) is 2.82. The summed E-state index contributed by atoms with van der Waals surface area (Å²) in [4.78, 5) is 0. The number of benzene rings is 1. The normalized spacial score (nSPS) is 19.0. The summed E-state index contributed by atoms with van der Waals surface area (Å²) in [6.45, 7) is 1.51. The molecule has 86 valence electrons. The molecule has 0 aromatic heterocycles. The summed E-state index contributed by atoms with van der Waals surface area (Å²) in [5, 5.41) is 12.3. The maximum atomic E-state index is 9.24. The van der Waals surface area contributed by atoms with Gasteiger partial charge < -0.3 is 20.9 Å². The molecule has 1 aromatic rings. The van der Waals surface area contributed by atoms with Crippen LogP contribution in [0.2, 0.25) is 0 Å². The number of ether oxygens (including phenoxy) is 1. The largest absolute Gasteiger partial charge is 0.508 e. The Labute approximate surface area is 94.7 Å². The molecule has 1 atom stereocenters. The number of phenolic OH excluding ortho intramolecular Hbond substituents is 1. The van der Waals surface area contributed by atoms with E-state index in [1.165, 1.54) is 0 Å². The van der Waals surface area contributed by atoms with Crippen LogP contribution in [0, 0.1) is 5.92 Å². The lowest BCUT2D eigenvalue weighted by atomic mass is 10.1. The molecule has 1 aliphatic heterocycles. The summed E-state index contributed by atoms with van der Waals surface area (Å²) in [7, 11) is 0. The lowest BCUT2D eigenvalue weighted by Crippen LogP contribution is -2.17. The summed E-state index contributed by atoms with van der Waals surface area (Å²) in [6, 6.07) is 6.82. The van der Waals surface area contributed by atoms with Crippen molar-refractivity contribution in [3.8, 4) is 11.5 Å². The van der Waals surface area contributed by atoms with Gasteiger partial charge in [0.2, 0.25) is 0 Å². The Hall–Kier alpha value is -1.84. The lowest BCUT2D eigenvalue weighted by molar-refractivity contribution is 0.292. The van der Waals surface area contributed by atoms with E-state index in [4.69, 9.17) is 10.5 Å². The van der Waals surface area contributed by atoms with Crippen molar-refractivity contribution < 1.29 is 9.84 Å². The molecule has 0 fully saturated rings. The highest BCUT2D eigenvalue weighted by Crippen LogP contribution is 2.18. The predicted octanol–water partition coefficient (Wildman–Crippen LogP) is 1.18. The molecule has 16 heavy (non-hydrogen) atoms. The highest BCUT2D eigenvalue weighted by Gasteiger charge is 2.12. The first-order valence-electron chi connectivity index (χ1n) is 5.37. The standard InChI is InChI=1S/C12H16N2O2/c13-12-6-9(8-14-12)4-5-16-11-3-1-2-10(15)7-11/h1-3,6-7,9,14-15H,4-5,8,13H2/t9-/m0/s1. The molecule has 0 radical (unpaired) electrons. The molecular formula is C12H16N2O2. The third-order valence-electron chi connectivity index (χ3n) is 2.56. The summed E-state index contributed by atoms with van der Waals surface area (Å²) in [5.74, 6) is 2.12. The van der Waals surface area contributed by atoms with Crippen molar-refractivity contribution in [1.29, 1.82) is 0 Å². The Bertz CT molecular complexity index is 390. The Balaban J connectivity index is 1.76. The molecule has 0 saturated carbocycles. The van der Waals surface area contributed by atoms with E-state index in [0.717, 1.165) is 18.8 Å². The van der Waals surface area contributed by atoms with E-state index in [9.17, 15) is 5.11 Å². The van der Waals surface area contributed by atoms with Gasteiger partial charge in [0.1, 0.15) is 11.5 Å². The second kappa shape index (κ2) is 4.79. The van der Waals surface area contributed by atoms with Gasteiger partial charge in [-0.2, -0.15) is 0 Å². The van der Waals surface area contributed by atoms with Gasteiger partial charge in [-0.3, -0.25) is 0 Å². The van der Waals surface area contributed by atoms with Gasteiger partial charge in [0.05, 0.1) is 12.4 Å². The van der Waals surface area contributed by atoms with Gasteiger partial charge in [-0.1, -0.05) is 6.07 Å². The minimum absolute atomic E-state index is 0.226. The van der Waals surface area contributed by atoms with E-state index >= 15 is 0 Å². The number of nitrogens with two attached hydrogens (primary N) is 1. The molecule has 0 aliphatic carbocycles. The Kier molecular flexibility index (Phi) is 3.19. The summed E-state index contributed by atoms with van der Waals surface area (Å²) >= 11 is 0. The van der Waals surface area contributed by atoms with Crippen molar-refractivity contribution in [3.05, 3.63) is 36.2 Å². The van der Waals surface area contributed by atoms with E-state index in [-0.39, 0.29) is 5.75 Å². The molecule has 1 aliphatic rings. The quantitative estimate of drug-likeness (QED) is 0.712. The van der Waals surface area contributed by atoms with Crippen molar-refractivity contribution in [2.45, 2.75) is 6.42 Å². The average Bonchev–Trinajstić information content (AvgIpc) is 2.64. The summed E-state index contributed by atoms with van der Waals surface area (Å²) in [6.07, 6.45) is 2.94. The molecular weight excluding hydrogens is 204 g/mol. The van der Waals surface area contributed by atoms with Crippen LogP contribution < -0.4 is 15.8 Å². The van der Waals surface area contributed by atoms with Crippen molar-refractivity contribution in [2.24, 2.45) is 11.7 Å².